The van der Waals surface area contributed by atoms with E-state index >= 15 is 0 Å². The molecule has 1 aromatic carbocycles. The molecule has 0 unspecified atom stereocenters. The first-order chi connectivity index (χ1) is 9.44. The molecule has 0 atom stereocenters. The summed E-state index contributed by atoms with van der Waals surface area (Å²) in [5.41, 5.74) is 1.83. The number of anilines is 2. The smallest absolute Gasteiger partial charge is 0.271 e. The van der Waals surface area contributed by atoms with Gasteiger partial charge in [-0.1, -0.05) is 5.16 Å². The molecular formula is C9H9N5O5S. The molecule has 20 heavy (non-hydrogen) atoms. The highest BCUT2D eigenvalue weighted by molar-refractivity contribution is 7.92. The van der Waals surface area contributed by atoms with Crippen LogP contribution in [0.3, 0.4) is 0 Å². The molecule has 106 valence electrons. The molecule has 2 rings (SSSR count). The van der Waals surface area contributed by atoms with Gasteiger partial charge in [0.25, 0.3) is 15.7 Å². The van der Waals surface area contributed by atoms with Crippen LogP contribution in [0, 0.1) is 10.1 Å². The van der Waals surface area contributed by atoms with Gasteiger partial charge in [0.2, 0.25) is 0 Å². The minimum absolute atomic E-state index is 0.108. The number of sulfonamides is 1. The molecule has 1 aromatic heterocycles. The summed E-state index contributed by atoms with van der Waals surface area (Å²) >= 11 is 0. The highest BCUT2D eigenvalue weighted by Crippen LogP contribution is 2.27. The van der Waals surface area contributed by atoms with Crippen LogP contribution in [0.2, 0.25) is 0 Å². The fraction of sp³-hybridized carbons (Fsp3) is 0. The van der Waals surface area contributed by atoms with Gasteiger partial charge in [-0.25, -0.2) is 8.42 Å². The Bertz CT molecular complexity index is 727. The van der Waals surface area contributed by atoms with Gasteiger partial charge in [-0.3, -0.25) is 20.7 Å². The zero-order valence-electron chi connectivity index (χ0n) is 9.81. The number of nitrogens with zero attached hydrogens (tertiary/aromatic N) is 2. The van der Waals surface area contributed by atoms with E-state index < -0.39 is 14.9 Å². The van der Waals surface area contributed by atoms with Gasteiger partial charge in [-0.15, -0.1) is 0 Å². The summed E-state index contributed by atoms with van der Waals surface area (Å²) < 4.78 is 30.9. The average molecular weight is 299 g/mol. The van der Waals surface area contributed by atoms with Gasteiger partial charge in [0.1, 0.15) is 16.8 Å². The Hall–Kier alpha value is -2.66. The second-order valence-corrected chi connectivity index (χ2v) is 5.25. The Labute approximate surface area is 112 Å². The number of nitro groups is 1. The van der Waals surface area contributed by atoms with Crippen LogP contribution in [0.1, 0.15) is 0 Å². The molecule has 0 fully saturated rings. The van der Waals surface area contributed by atoms with Crippen molar-refractivity contribution in [2.75, 3.05) is 10.1 Å². The number of nitrogen functional groups attached to an aromatic ring is 1. The van der Waals surface area contributed by atoms with Gasteiger partial charge in [0, 0.05) is 12.1 Å². The number of nitrogens with two attached hydrogens (primary N) is 1. The van der Waals surface area contributed by atoms with Crippen molar-refractivity contribution in [3.05, 3.63) is 40.8 Å². The average Bonchev–Trinajstić information content (AvgIpc) is 2.89. The lowest BCUT2D eigenvalue weighted by molar-refractivity contribution is -0.384. The first-order valence-corrected chi connectivity index (χ1v) is 6.59. The van der Waals surface area contributed by atoms with Gasteiger partial charge < -0.3 is 9.95 Å². The predicted molar refractivity (Wildman–Crippen MR) is 68.2 cm³/mol. The Morgan fingerprint density at radius 2 is 2.15 bits per heavy atom. The number of hydrogen-bond donors (Lipinski definition) is 3. The van der Waals surface area contributed by atoms with E-state index in [2.05, 4.69) is 19.8 Å². The monoisotopic (exact) mass is 299 g/mol. The van der Waals surface area contributed by atoms with E-state index in [1.54, 1.807) is 0 Å². The van der Waals surface area contributed by atoms with E-state index in [4.69, 9.17) is 5.84 Å². The van der Waals surface area contributed by atoms with E-state index in [0.717, 1.165) is 24.5 Å². The van der Waals surface area contributed by atoms with Gasteiger partial charge in [0.05, 0.1) is 16.8 Å². The molecular weight excluding hydrogens is 290 g/mol. The standard InChI is InChI=1S/C9H9N5O5S/c10-12-8-3-7(14(15)16)1-2-9(8)20(17,18)13-6-4-11-19-5-6/h1-5,12-13H,10H2. The van der Waals surface area contributed by atoms with Crippen LogP contribution in [0.25, 0.3) is 0 Å². The summed E-state index contributed by atoms with van der Waals surface area (Å²) in [6, 6.07) is 3.15. The van der Waals surface area contributed by atoms with Gasteiger partial charge >= 0.3 is 0 Å². The van der Waals surface area contributed by atoms with Crippen molar-refractivity contribution in [1.82, 2.24) is 5.16 Å². The SMILES string of the molecule is NNc1cc([N+](=O)[O-])ccc1S(=O)(=O)Nc1cnoc1. The number of rotatable bonds is 5. The molecule has 0 saturated heterocycles. The largest absolute Gasteiger partial charge is 0.362 e. The number of benzene rings is 1. The minimum atomic E-state index is -3.98. The molecule has 1 heterocycles. The molecule has 0 aliphatic heterocycles. The number of hydrazine groups is 1. The molecule has 0 radical (unpaired) electrons. The molecule has 11 heteroatoms. The minimum Gasteiger partial charge on any atom is -0.362 e. The number of non-ortho nitro benzene ring substituents is 1. The lowest BCUT2D eigenvalue weighted by Crippen LogP contribution is -2.17. The van der Waals surface area contributed by atoms with E-state index in [0.29, 0.717) is 0 Å². The molecule has 0 bridgehead atoms. The zero-order chi connectivity index (χ0) is 14.8. The predicted octanol–water partition coefficient (Wildman–Crippen LogP) is 0.669. The highest BCUT2D eigenvalue weighted by atomic mass is 32.2. The molecule has 4 N–H and O–H groups in total. The van der Waals surface area contributed by atoms with Crippen LogP contribution < -0.4 is 16.0 Å². The lowest BCUT2D eigenvalue weighted by Gasteiger charge is -2.10. The third-order valence-corrected chi connectivity index (χ3v) is 3.74. The van der Waals surface area contributed by atoms with Crippen molar-refractivity contribution < 1.29 is 17.9 Å². The van der Waals surface area contributed by atoms with Crippen molar-refractivity contribution >= 4 is 27.1 Å². The normalized spacial score (nSPS) is 11.1. The van der Waals surface area contributed by atoms with Crippen LogP contribution in [-0.2, 0) is 10.0 Å². The molecule has 0 aliphatic rings. The topological polar surface area (TPSA) is 153 Å². The number of nitrogens with one attached hydrogen (secondary N) is 2. The Kier molecular flexibility index (Phi) is 3.54. The third kappa shape index (κ3) is 2.67. The van der Waals surface area contributed by atoms with E-state index in [-0.39, 0.29) is 22.0 Å². The van der Waals surface area contributed by atoms with Gasteiger partial charge in [-0.05, 0) is 6.07 Å². The molecule has 2 aromatic rings. The number of hydrogen-bond acceptors (Lipinski definition) is 8. The third-order valence-electron chi connectivity index (χ3n) is 2.30. The molecule has 0 amide bonds. The lowest BCUT2D eigenvalue weighted by atomic mass is 10.3. The van der Waals surface area contributed by atoms with Crippen LogP contribution >= 0.6 is 0 Å². The van der Waals surface area contributed by atoms with Crippen molar-refractivity contribution in [3.8, 4) is 0 Å². The highest BCUT2D eigenvalue weighted by Gasteiger charge is 2.21. The van der Waals surface area contributed by atoms with Crippen molar-refractivity contribution in [2.24, 2.45) is 5.84 Å². The van der Waals surface area contributed by atoms with E-state index in [1.165, 1.54) is 6.20 Å². The van der Waals surface area contributed by atoms with Gasteiger partial charge in [0.15, 0.2) is 0 Å². The number of aromatic nitrogens is 1. The Morgan fingerprint density at radius 1 is 1.40 bits per heavy atom. The fourth-order valence-electron chi connectivity index (χ4n) is 1.44. The van der Waals surface area contributed by atoms with E-state index in [9.17, 15) is 18.5 Å². The molecule has 0 saturated carbocycles. The van der Waals surface area contributed by atoms with Crippen LogP contribution in [0.4, 0.5) is 17.1 Å². The molecule has 0 aliphatic carbocycles. The summed E-state index contributed by atoms with van der Waals surface area (Å²) in [5, 5.41) is 14.0. The molecule has 10 nitrogen and oxygen atoms in total. The second kappa shape index (κ2) is 5.14. The summed E-state index contributed by atoms with van der Waals surface area (Å²) in [6.07, 6.45) is 2.26. The quantitative estimate of drug-likeness (QED) is 0.413. The zero-order valence-corrected chi connectivity index (χ0v) is 10.6. The molecule has 0 spiro atoms. The maximum atomic E-state index is 12.1. The Morgan fingerprint density at radius 3 is 2.70 bits per heavy atom. The summed E-state index contributed by atoms with van der Waals surface area (Å²) in [4.78, 5) is 9.73. The van der Waals surface area contributed by atoms with Crippen LogP contribution in [-0.4, -0.2) is 18.5 Å². The number of nitro benzene ring substituents is 1. The fourth-order valence-corrected chi connectivity index (χ4v) is 2.62. The van der Waals surface area contributed by atoms with Crippen LogP contribution in [0.15, 0.2) is 40.1 Å². The van der Waals surface area contributed by atoms with Crippen LogP contribution in [0.5, 0.6) is 0 Å². The van der Waals surface area contributed by atoms with Crippen molar-refractivity contribution in [2.45, 2.75) is 4.90 Å². The van der Waals surface area contributed by atoms with Crippen molar-refractivity contribution in [1.29, 1.82) is 0 Å². The second-order valence-electron chi connectivity index (χ2n) is 3.60. The first kappa shape index (κ1) is 13.8. The summed E-state index contributed by atoms with van der Waals surface area (Å²) in [5.74, 6) is 5.19. The first-order valence-electron chi connectivity index (χ1n) is 5.11. The maximum Gasteiger partial charge on any atom is 0.271 e. The van der Waals surface area contributed by atoms with Gasteiger partial charge in [-0.2, -0.15) is 0 Å². The maximum absolute atomic E-state index is 12.1. The summed E-state index contributed by atoms with van der Waals surface area (Å²) in [6.45, 7) is 0. The van der Waals surface area contributed by atoms with Crippen molar-refractivity contribution in [3.63, 3.8) is 0 Å². The van der Waals surface area contributed by atoms with E-state index in [1.807, 2.05) is 0 Å². The Balaban J connectivity index is 2.43. The summed E-state index contributed by atoms with van der Waals surface area (Å²) in [7, 11) is -3.98.